The van der Waals surface area contributed by atoms with Gasteiger partial charge in [0.15, 0.2) is 4.34 Å². The lowest BCUT2D eigenvalue weighted by Crippen LogP contribution is -2.41. The number of hydrogen-bond acceptors (Lipinski definition) is 7. The first-order valence-electron chi connectivity index (χ1n) is 8.28. The summed E-state index contributed by atoms with van der Waals surface area (Å²) >= 11 is 8.72. The zero-order valence-corrected chi connectivity index (χ0v) is 17.8. The molecule has 1 amide bonds. The van der Waals surface area contributed by atoms with Crippen LogP contribution < -0.4 is 5.32 Å². The molecule has 1 saturated heterocycles. The van der Waals surface area contributed by atoms with Crippen LogP contribution in [0.25, 0.3) is 0 Å². The summed E-state index contributed by atoms with van der Waals surface area (Å²) in [6.07, 6.45) is 2.86. The van der Waals surface area contributed by atoms with Gasteiger partial charge in [-0.3, -0.25) is 4.79 Å². The van der Waals surface area contributed by atoms with E-state index in [0.717, 1.165) is 4.34 Å². The summed E-state index contributed by atoms with van der Waals surface area (Å²) in [6, 6.07) is 6.85. The molecule has 0 aliphatic carbocycles. The van der Waals surface area contributed by atoms with Crippen LogP contribution in [0.4, 0.5) is 5.13 Å². The Labute approximate surface area is 171 Å². The number of amides is 1. The van der Waals surface area contributed by atoms with Crippen LogP contribution in [0.1, 0.15) is 18.4 Å². The summed E-state index contributed by atoms with van der Waals surface area (Å²) < 4.78 is 27.5. The van der Waals surface area contributed by atoms with Crippen molar-refractivity contribution in [3.63, 3.8) is 0 Å². The predicted molar refractivity (Wildman–Crippen MR) is 109 cm³/mol. The minimum Gasteiger partial charge on any atom is -0.300 e. The molecule has 2 aromatic rings. The number of aromatic nitrogens is 2. The fourth-order valence-electron chi connectivity index (χ4n) is 2.88. The van der Waals surface area contributed by atoms with Crippen molar-refractivity contribution in [2.75, 3.05) is 24.7 Å². The maximum absolute atomic E-state index is 12.6. The standard InChI is InChI=1S/C16H19ClN4O3S3/c1-25-16-20-19-15(26-16)18-14(22)12-5-7-21(8-6-12)27(23,24)10-11-3-2-4-13(17)9-11/h2-4,9,12H,5-8,10H2,1H3,(H,18,19,22). The molecule has 11 heteroatoms. The van der Waals surface area contributed by atoms with Gasteiger partial charge >= 0.3 is 0 Å². The molecule has 7 nitrogen and oxygen atoms in total. The number of piperidine rings is 1. The highest BCUT2D eigenvalue weighted by Gasteiger charge is 2.31. The number of rotatable bonds is 6. The number of halogens is 1. The van der Waals surface area contributed by atoms with Crippen molar-refractivity contribution in [3.05, 3.63) is 34.9 Å². The van der Waals surface area contributed by atoms with Crippen LogP contribution in [-0.4, -0.2) is 48.2 Å². The summed E-state index contributed by atoms with van der Waals surface area (Å²) in [6.45, 7) is 0.653. The van der Waals surface area contributed by atoms with Crippen LogP contribution in [-0.2, 0) is 20.6 Å². The van der Waals surface area contributed by atoms with Gasteiger partial charge < -0.3 is 5.32 Å². The van der Waals surface area contributed by atoms with Gasteiger partial charge in [-0.2, -0.15) is 0 Å². The SMILES string of the molecule is CSc1nnc(NC(=O)C2CCN(S(=O)(=O)Cc3cccc(Cl)c3)CC2)s1. The average molecular weight is 447 g/mol. The average Bonchev–Trinajstić information content (AvgIpc) is 3.09. The third-order valence-electron chi connectivity index (χ3n) is 4.27. The highest BCUT2D eigenvalue weighted by molar-refractivity contribution is 8.00. The third kappa shape index (κ3) is 5.41. The van der Waals surface area contributed by atoms with Gasteiger partial charge in [0.25, 0.3) is 0 Å². The second-order valence-corrected chi connectivity index (χ2v) is 10.6. The van der Waals surface area contributed by atoms with Gasteiger partial charge in [-0.15, -0.1) is 10.2 Å². The van der Waals surface area contributed by atoms with Gasteiger partial charge in [0, 0.05) is 24.0 Å². The molecule has 0 radical (unpaired) electrons. The Balaban J connectivity index is 1.55. The van der Waals surface area contributed by atoms with Crippen molar-refractivity contribution in [1.29, 1.82) is 0 Å². The van der Waals surface area contributed by atoms with Gasteiger partial charge in [-0.25, -0.2) is 12.7 Å². The van der Waals surface area contributed by atoms with Gasteiger partial charge in [0.1, 0.15) is 0 Å². The van der Waals surface area contributed by atoms with Crippen molar-refractivity contribution in [2.24, 2.45) is 5.92 Å². The molecule has 0 spiro atoms. The van der Waals surface area contributed by atoms with Crippen LogP contribution in [0, 0.1) is 5.92 Å². The van der Waals surface area contributed by atoms with Crippen LogP contribution in [0.3, 0.4) is 0 Å². The first-order valence-corrected chi connectivity index (χ1v) is 12.3. The molecular formula is C16H19ClN4O3S3. The summed E-state index contributed by atoms with van der Waals surface area (Å²) in [4.78, 5) is 12.4. The maximum Gasteiger partial charge on any atom is 0.229 e. The van der Waals surface area contributed by atoms with E-state index in [4.69, 9.17) is 11.6 Å². The molecule has 1 aliphatic rings. The largest absolute Gasteiger partial charge is 0.300 e. The van der Waals surface area contributed by atoms with E-state index in [0.29, 0.717) is 41.6 Å². The Morgan fingerprint density at radius 2 is 2.11 bits per heavy atom. The van der Waals surface area contributed by atoms with E-state index in [1.807, 2.05) is 6.26 Å². The number of nitrogens with one attached hydrogen (secondary N) is 1. The minimum atomic E-state index is -3.44. The van der Waals surface area contributed by atoms with Crippen LogP contribution >= 0.6 is 34.7 Å². The van der Waals surface area contributed by atoms with Crippen LogP contribution in [0.2, 0.25) is 5.02 Å². The fraction of sp³-hybridized carbons (Fsp3) is 0.438. The molecule has 1 aliphatic heterocycles. The summed E-state index contributed by atoms with van der Waals surface area (Å²) in [5, 5.41) is 11.6. The Morgan fingerprint density at radius 1 is 1.37 bits per heavy atom. The second-order valence-electron chi connectivity index (χ2n) is 6.13. The van der Waals surface area contributed by atoms with Gasteiger partial charge in [0.05, 0.1) is 5.75 Å². The Bertz CT molecular complexity index is 911. The summed E-state index contributed by atoms with van der Waals surface area (Å²) in [5.74, 6) is -0.456. The smallest absolute Gasteiger partial charge is 0.229 e. The van der Waals surface area contributed by atoms with Gasteiger partial charge in [-0.1, -0.05) is 46.8 Å². The van der Waals surface area contributed by atoms with Crippen molar-refractivity contribution in [1.82, 2.24) is 14.5 Å². The van der Waals surface area contributed by atoms with E-state index in [9.17, 15) is 13.2 Å². The molecule has 2 heterocycles. The van der Waals surface area contributed by atoms with E-state index < -0.39 is 10.0 Å². The number of carbonyl (C=O) groups excluding carboxylic acids is 1. The lowest BCUT2D eigenvalue weighted by molar-refractivity contribution is -0.120. The first-order chi connectivity index (χ1) is 12.9. The number of thioether (sulfide) groups is 1. The molecule has 3 rings (SSSR count). The molecule has 0 atom stereocenters. The number of benzene rings is 1. The third-order valence-corrected chi connectivity index (χ3v) is 8.17. The highest BCUT2D eigenvalue weighted by atomic mass is 35.5. The van der Waals surface area contributed by atoms with Crippen molar-refractivity contribution in [2.45, 2.75) is 22.9 Å². The quantitative estimate of drug-likeness (QED) is 0.541. The van der Waals surface area contributed by atoms with E-state index in [1.165, 1.54) is 27.4 Å². The summed E-state index contributed by atoms with van der Waals surface area (Å²) in [5.41, 5.74) is 0.656. The monoisotopic (exact) mass is 446 g/mol. The number of nitrogens with zero attached hydrogens (tertiary/aromatic N) is 3. The van der Waals surface area contributed by atoms with Crippen molar-refractivity contribution < 1.29 is 13.2 Å². The molecule has 1 fully saturated rings. The molecule has 27 heavy (non-hydrogen) atoms. The van der Waals surface area contributed by atoms with E-state index in [-0.39, 0.29) is 17.6 Å². The maximum atomic E-state index is 12.6. The van der Waals surface area contributed by atoms with E-state index in [2.05, 4.69) is 15.5 Å². The zero-order valence-electron chi connectivity index (χ0n) is 14.6. The van der Waals surface area contributed by atoms with E-state index in [1.54, 1.807) is 24.3 Å². The van der Waals surface area contributed by atoms with Crippen molar-refractivity contribution in [3.8, 4) is 0 Å². The lowest BCUT2D eigenvalue weighted by Gasteiger charge is -2.30. The zero-order chi connectivity index (χ0) is 19.4. The Kier molecular flexibility index (Phi) is 6.74. The molecule has 0 saturated carbocycles. The molecule has 0 bridgehead atoms. The van der Waals surface area contributed by atoms with E-state index >= 15 is 0 Å². The molecular weight excluding hydrogens is 428 g/mol. The fourth-order valence-corrected chi connectivity index (χ4v) is 5.81. The molecule has 1 aromatic heterocycles. The predicted octanol–water partition coefficient (Wildman–Crippen LogP) is 3.09. The van der Waals surface area contributed by atoms with Crippen molar-refractivity contribution >= 4 is 55.8 Å². The molecule has 0 unspecified atom stereocenters. The Hall–Kier alpha value is -1.20. The van der Waals surface area contributed by atoms with Gasteiger partial charge in [-0.05, 0) is 36.8 Å². The lowest BCUT2D eigenvalue weighted by atomic mass is 9.97. The van der Waals surface area contributed by atoms with Crippen LogP contribution in [0.15, 0.2) is 28.6 Å². The molecule has 1 aromatic carbocycles. The normalized spacial score (nSPS) is 16.4. The molecule has 1 N–H and O–H groups in total. The van der Waals surface area contributed by atoms with Crippen LogP contribution in [0.5, 0.6) is 0 Å². The number of carbonyl (C=O) groups is 1. The second kappa shape index (κ2) is 8.87. The first kappa shape index (κ1) is 20.5. The topological polar surface area (TPSA) is 92.3 Å². The minimum absolute atomic E-state index is 0.0906. The number of hydrogen-bond donors (Lipinski definition) is 1. The highest BCUT2D eigenvalue weighted by Crippen LogP contribution is 2.26. The summed E-state index contributed by atoms with van der Waals surface area (Å²) in [7, 11) is -3.44. The number of sulfonamides is 1. The Morgan fingerprint density at radius 3 is 2.74 bits per heavy atom. The molecule has 146 valence electrons. The number of anilines is 1. The van der Waals surface area contributed by atoms with Gasteiger partial charge in [0.2, 0.25) is 21.1 Å².